The lowest BCUT2D eigenvalue weighted by Gasteiger charge is -2.39. The second kappa shape index (κ2) is 10.1. The van der Waals surface area contributed by atoms with Crippen molar-refractivity contribution in [3.8, 4) is 0 Å². The zero-order valence-corrected chi connectivity index (χ0v) is 17.6. The molecule has 1 aliphatic heterocycles. The number of piperidine rings is 1. The second-order valence-corrected chi connectivity index (χ2v) is 8.54. The zero-order valence-electron chi connectivity index (χ0n) is 16.1. The largest absolute Gasteiger partial charge is 0.481 e. The average molecular weight is 434 g/mol. The average Bonchev–Trinajstić information content (AvgIpc) is 3.51. The number of halogens is 2. The summed E-state index contributed by atoms with van der Waals surface area (Å²) in [5.41, 5.74) is 1.09. The van der Waals surface area contributed by atoms with E-state index in [2.05, 4.69) is 0 Å². The maximum Gasteiger partial charge on any atom is 0.304 e. The fraction of sp³-hybridized carbons (Fsp3) is 0.391. The summed E-state index contributed by atoms with van der Waals surface area (Å²) in [6.45, 7) is 0.752. The van der Waals surface area contributed by atoms with Gasteiger partial charge >= 0.3 is 5.97 Å². The minimum absolute atomic E-state index is 0.000463. The molecule has 2 aromatic rings. The van der Waals surface area contributed by atoms with Crippen LogP contribution < -0.4 is 0 Å². The number of carboxylic acid groups (broad SMARTS) is 1. The minimum atomic E-state index is -0.894. The highest BCUT2D eigenvalue weighted by Gasteiger charge is 2.39. The molecule has 1 amide bonds. The molecular formula is C23H25Cl2NO3. The smallest absolute Gasteiger partial charge is 0.304 e. The summed E-state index contributed by atoms with van der Waals surface area (Å²) < 4.78 is 0. The van der Waals surface area contributed by atoms with Gasteiger partial charge in [-0.05, 0) is 61.4 Å². The van der Waals surface area contributed by atoms with E-state index in [0.29, 0.717) is 17.4 Å². The van der Waals surface area contributed by atoms with Crippen LogP contribution in [-0.2, 0) is 9.59 Å². The second-order valence-electron chi connectivity index (χ2n) is 7.67. The Labute approximate surface area is 181 Å². The topological polar surface area (TPSA) is 57.6 Å². The molecular weight excluding hydrogens is 409 g/mol. The zero-order chi connectivity index (χ0) is 20.8. The van der Waals surface area contributed by atoms with E-state index in [1.807, 2.05) is 59.5 Å². The molecule has 4 rings (SSSR count). The van der Waals surface area contributed by atoms with Gasteiger partial charge in [0.25, 0.3) is 0 Å². The van der Waals surface area contributed by atoms with E-state index in [-0.39, 0.29) is 24.3 Å². The molecule has 2 aliphatic rings. The van der Waals surface area contributed by atoms with Crippen molar-refractivity contribution in [1.29, 1.82) is 0 Å². The van der Waals surface area contributed by atoms with E-state index in [0.717, 1.165) is 23.6 Å². The molecule has 29 heavy (non-hydrogen) atoms. The third-order valence-electron chi connectivity index (χ3n) is 5.36. The first-order valence-corrected chi connectivity index (χ1v) is 10.7. The number of nitrogens with zero attached hydrogens (tertiary/aromatic N) is 1. The Hall–Kier alpha value is -2.04. The lowest BCUT2D eigenvalue weighted by molar-refractivity contribution is -0.149. The van der Waals surface area contributed by atoms with Crippen LogP contribution in [0.4, 0.5) is 0 Å². The molecule has 1 heterocycles. The Kier molecular flexibility index (Phi) is 7.57. The quantitative estimate of drug-likeness (QED) is 0.643. The third kappa shape index (κ3) is 6.48. The van der Waals surface area contributed by atoms with Crippen molar-refractivity contribution in [3.05, 3.63) is 70.2 Å². The number of carbonyl (C=O) groups excluding carboxylic acids is 1. The SMILES string of the molecule is Clc1ccccc1.O=C(O)CC1CC[C@@H](c2ccc(Cl)cc2)N(CC2CC2)C1=O. The Morgan fingerprint density at radius 2 is 1.55 bits per heavy atom. The molecule has 4 nitrogen and oxygen atoms in total. The van der Waals surface area contributed by atoms with Gasteiger partial charge in [0.1, 0.15) is 0 Å². The molecule has 0 radical (unpaired) electrons. The molecule has 1 N–H and O–H groups in total. The molecule has 0 spiro atoms. The van der Waals surface area contributed by atoms with Crippen molar-refractivity contribution >= 4 is 35.1 Å². The summed E-state index contributed by atoms with van der Waals surface area (Å²) in [4.78, 5) is 25.6. The van der Waals surface area contributed by atoms with Gasteiger partial charge in [-0.3, -0.25) is 9.59 Å². The maximum atomic E-state index is 12.7. The van der Waals surface area contributed by atoms with Gasteiger partial charge in [0.2, 0.25) is 5.91 Å². The van der Waals surface area contributed by atoms with Crippen LogP contribution in [0.1, 0.15) is 43.7 Å². The number of rotatable bonds is 5. The summed E-state index contributed by atoms with van der Waals surface area (Å²) in [5.74, 6) is -0.683. The molecule has 154 valence electrons. The van der Waals surface area contributed by atoms with E-state index in [1.165, 1.54) is 12.8 Å². The predicted molar refractivity (Wildman–Crippen MR) is 115 cm³/mol. The van der Waals surface area contributed by atoms with Crippen molar-refractivity contribution in [2.45, 2.75) is 38.1 Å². The summed E-state index contributed by atoms with van der Waals surface area (Å²) in [6.07, 6.45) is 3.73. The summed E-state index contributed by atoms with van der Waals surface area (Å²) in [5, 5.41) is 10.5. The number of aliphatic carboxylic acids is 1. The number of hydrogen-bond donors (Lipinski definition) is 1. The van der Waals surface area contributed by atoms with Gasteiger partial charge in [0.05, 0.1) is 12.5 Å². The fourth-order valence-electron chi connectivity index (χ4n) is 3.67. The maximum absolute atomic E-state index is 12.7. The monoisotopic (exact) mass is 433 g/mol. The van der Waals surface area contributed by atoms with Crippen molar-refractivity contribution in [3.63, 3.8) is 0 Å². The number of carbonyl (C=O) groups is 2. The van der Waals surface area contributed by atoms with Crippen LogP contribution >= 0.6 is 23.2 Å². The number of likely N-dealkylation sites (tertiary alicyclic amines) is 1. The predicted octanol–water partition coefficient (Wildman–Crippen LogP) is 5.84. The Morgan fingerprint density at radius 1 is 0.931 bits per heavy atom. The van der Waals surface area contributed by atoms with Crippen molar-refractivity contribution < 1.29 is 14.7 Å². The van der Waals surface area contributed by atoms with Crippen molar-refractivity contribution in [2.75, 3.05) is 6.54 Å². The number of amides is 1. The summed E-state index contributed by atoms with van der Waals surface area (Å²) in [7, 11) is 0. The Balaban J connectivity index is 0.000000290. The first-order chi connectivity index (χ1) is 13.9. The molecule has 2 aromatic carbocycles. The molecule has 1 aliphatic carbocycles. The van der Waals surface area contributed by atoms with Gasteiger partial charge in [-0.15, -0.1) is 0 Å². The molecule has 0 bridgehead atoms. The van der Waals surface area contributed by atoms with Gasteiger partial charge < -0.3 is 10.0 Å². The van der Waals surface area contributed by atoms with Gasteiger partial charge in [0.15, 0.2) is 0 Å². The van der Waals surface area contributed by atoms with Crippen LogP contribution in [0.15, 0.2) is 54.6 Å². The molecule has 1 saturated carbocycles. The van der Waals surface area contributed by atoms with Gasteiger partial charge in [0, 0.05) is 22.5 Å². The molecule has 1 unspecified atom stereocenters. The van der Waals surface area contributed by atoms with Gasteiger partial charge in [-0.2, -0.15) is 0 Å². The highest BCUT2D eigenvalue weighted by molar-refractivity contribution is 6.30. The number of benzene rings is 2. The lowest BCUT2D eigenvalue weighted by atomic mass is 9.86. The Morgan fingerprint density at radius 3 is 2.07 bits per heavy atom. The van der Waals surface area contributed by atoms with E-state index >= 15 is 0 Å². The molecule has 0 aromatic heterocycles. The Bertz CT molecular complexity index is 822. The molecule has 6 heteroatoms. The summed E-state index contributed by atoms with van der Waals surface area (Å²) >= 11 is 11.5. The van der Waals surface area contributed by atoms with Crippen LogP contribution in [-0.4, -0.2) is 28.4 Å². The van der Waals surface area contributed by atoms with Crippen molar-refractivity contribution in [1.82, 2.24) is 4.90 Å². The number of hydrogen-bond acceptors (Lipinski definition) is 2. The molecule has 2 atom stereocenters. The van der Waals surface area contributed by atoms with Crippen LogP contribution in [0.5, 0.6) is 0 Å². The first kappa shape index (κ1) is 21.7. The van der Waals surface area contributed by atoms with Crippen LogP contribution in [0.2, 0.25) is 10.0 Å². The van der Waals surface area contributed by atoms with Crippen LogP contribution in [0.3, 0.4) is 0 Å². The van der Waals surface area contributed by atoms with E-state index < -0.39 is 5.97 Å². The highest BCUT2D eigenvalue weighted by Crippen LogP contribution is 2.39. The highest BCUT2D eigenvalue weighted by atomic mass is 35.5. The fourth-order valence-corrected chi connectivity index (χ4v) is 3.94. The summed E-state index contributed by atoms with van der Waals surface area (Å²) in [6, 6.07) is 17.1. The number of carboxylic acids is 1. The molecule has 1 saturated heterocycles. The normalized spacial score (nSPS) is 21.3. The molecule has 2 fully saturated rings. The van der Waals surface area contributed by atoms with Gasteiger partial charge in [-0.1, -0.05) is 53.5 Å². The van der Waals surface area contributed by atoms with E-state index in [1.54, 1.807) is 0 Å². The van der Waals surface area contributed by atoms with Crippen molar-refractivity contribution in [2.24, 2.45) is 11.8 Å². The minimum Gasteiger partial charge on any atom is -0.481 e. The standard InChI is InChI=1S/C17H20ClNO3.C6H5Cl/c18-14-6-3-12(4-7-14)15-8-5-13(9-16(20)21)17(22)19(15)10-11-1-2-11;7-6-4-2-1-3-5-6/h3-4,6-7,11,13,15H,1-2,5,8-10H2,(H,20,21);1-5H/t13?,15-;/m0./s1. The van der Waals surface area contributed by atoms with E-state index in [9.17, 15) is 9.59 Å². The van der Waals surface area contributed by atoms with E-state index in [4.69, 9.17) is 28.3 Å². The lowest BCUT2D eigenvalue weighted by Crippen LogP contribution is -2.45. The first-order valence-electron chi connectivity index (χ1n) is 9.92. The van der Waals surface area contributed by atoms with Crippen LogP contribution in [0.25, 0.3) is 0 Å². The third-order valence-corrected chi connectivity index (χ3v) is 5.86. The van der Waals surface area contributed by atoms with Crippen LogP contribution in [0, 0.1) is 11.8 Å². The van der Waals surface area contributed by atoms with Gasteiger partial charge in [-0.25, -0.2) is 0 Å².